The number of esters is 1. The van der Waals surface area contributed by atoms with Crippen LogP contribution in [0.3, 0.4) is 0 Å². The van der Waals surface area contributed by atoms with Crippen molar-refractivity contribution in [3.63, 3.8) is 0 Å². The van der Waals surface area contributed by atoms with E-state index in [-0.39, 0.29) is 5.97 Å². The Bertz CT molecular complexity index is 643. The first-order valence-corrected chi connectivity index (χ1v) is 8.30. The van der Waals surface area contributed by atoms with Gasteiger partial charge in [-0.2, -0.15) is 0 Å². The molecular formula is C16H15BrO3S. The molecule has 0 fully saturated rings. The number of thioether (sulfide) groups is 1. The van der Waals surface area contributed by atoms with Crippen LogP contribution in [-0.2, 0) is 11.3 Å². The van der Waals surface area contributed by atoms with Crippen LogP contribution >= 0.6 is 27.7 Å². The Morgan fingerprint density at radius 2 is 2.00 bits per heavy atom. The molecule has 0 bridgehead atoms. The van der Waals surface area contributed by atoms with Crippen molar-refractivity contribution >= 4 is 33.7 Å². The summed E-state index contributed by atoms with van der Waals surface area (Å²) in [5, 5.41) is 0. The lowest BCUT2D eigenvalue weighted by molar-refractivity contribution is 0.0600. The van der Waals surface area contributed by atoms with Gasteiger partial charge < -0.3 is 9.47 Å². The minimum absolute atomic E-state index is 0.351. The highest BCUT2D eigenvalue weighted by Crippen LogP contribution is 2.28. The molecule has 0 amide bonds. The van der Waals surface area contributed by atoms with Crippen molar-refractivity contribution < 1.29 is 14.3 Å². The number of halogens is 1. The van der Waals surface area contributed by atoms with Gasteiger partial charge >= 0.3 is 5.97 Å². The molecule has 0 saturated carbocycles. The zero-order valence-electron chi connectivity index (χ0n) is 11.8. The van der Waals surface area contributed by atoms with Crippen molar-refractivity contribution in [2.75, 3.05) is 13.4 Å². The first kappa shape index (κ1) is 15.9. The van der Waals surface area contributed by atoms with Gasteiger partial charge in [0.2, 0.25) is 0 Å². The van der Waals surface area contributed by atoms with Crippen LogP contribution in [0.5, 0.6) is 5.75 Å². The third-order valence-corrected chi connectivity index (χ3v) is 4.44. The van der Waals surface area contributed by atoms with Gasteiger partial charge in [-0.3, -0.25) is 0 Å². The summed E-state index contributed by atoms with van der Waals surface area (Å²) in [6.07, 6.45) is 2.02. The van der Waals surface area contributed by atoms with Gasteiger partial charge in [-0.15, -0.1) is 11.8 Å². The monoisotopic (exact) mass is 366 g/mol. The molecule has 0 aromatic heterocycles. The Morgan fingerprint density at radius 1 is 1.24 bits per heavy atom. The summed E-state index contributed by atoms with van der Waals surface area (Å²) in [6.45, 7) is 0.430. The van der Waals surface area contributed by atoms with Crippen LogP contribution < -0.4 is 4.74 Å². The molecule has 0 spiro atoms. The molecule has 2 aromatic rings. The zero-order chi connectivity index (χ0) is 15.2. The first-order valence-electron chi connectivity index (χ1n) is 6.28. The van der Waals surface area contributed by atoms with Crippen molar-refractivity contribution in [2.24, 2.45) is 0 Å². The molecule has 3 nitrogen and oxygen atoms in total. The summed E-state index contributed by atoms with van der Waals surface area (Å²) in [6, 6.07) is 13.2. The van der Waals surface area contributed by atoms with Gasteiger partial charge in [-0.25, -0.2) is 4.79 Å². The van der Waals surface area contributed by atoms with Crippen molar-refractivity contribution in [3.8, 4) is 5.75 Å². The molecule has 0 heterocycles. The van der Waals surface area contributed by atoms with Crippen LogP contribution in [0.25, 0.3) is 0 Å². The van der Waals surface area contributed by atoms with E-state index in [1.807, 2.05) is 36.6 Å². The topological polar surface area (TPSA) is 35.5 Å². The number of rotatable bonds is 5. The lowest BCUT2D eigenvalue weighted by atomic mass is 10.1. The van der Waals surface area contributed by atoms with Crippen LogP contribution in [0.4, 0.5) is 0 Å². The third kappa shape index (κ3) is 4.02. The fourth-order valence-corrected chi connectivity index (χ4v) is 2.84. The van der Waals surface area contributed by atoms with Gasteiger partial charge in [-0.1, -0.05) is 34.1 Å². The number of benzene rings is 2. The summed E-state index contributed by atoms with van der Waals surface area (Å²) < 4.78 is 11.4. The normalized spacial score (nSPS) is 10.2. The molecule has 2 rings (SSSR count). The van der Waals surface area contributed by atoms with Gasteiger partial charge in [0, 0.05) is 14.9 Å². The van der Waals surface area contributed by atoms with E-state index in [4.69, 9.17) is 9.47 Å². The van der Waals surface area contributed by atoms with E-state index >= 15 is 0 Å². The third-order valence-electron chi connectivity index (χ3n) is 2.93. The second kappa shape index (κ2) is 7.52. The smallest absolute Gasteiger partial charge is 0.337 e. The number of ether oxygens (including phenoxy) is 2. The molecule has 0 atom stereocenters. The average Bonchev–Trinajstić information content (AvgIpc) is 2.53. The van der Waals surface area contributed by atoms with Gasteiger partial charge in [0.05, 0.1) is 12.7 Å². The predicted molar refractivity (Wildman–Crippen MR) is 88.0 cm³/mol. The van der Waals surface area contributed by atoms with Crippen molar-refractivity contribution in [1.82, 2.24) is 0 Å². The van der Waals surface area contributed by atoms with Gasteiger partial charge in [-0.05, 0) is 30.5 Å². The van der Waals surface area contributed by atoms with Crippen LogP contribution in [-0.4, -0.2) is 19.3 Å². The first-order chi connectivity index (χ1) is 10.2. The molecule has 0 saturated heterocycles. The maximum Gasteiger partial charge on any atom is 0.337 e. The summed E-state index contributed by atoms with van der Waals surface area (Å²) in [7, 11) is 1.37. The highest BCUT2D eigenvalue weighted by atomic mass is 79.9. The van der Waals surface area contributed by atoms with Crippen LogP contribution in [0.1, 0.15) is 15.9 Å². The van der Waals surface area contributed by atoms with E-state index in [0.717, 1.165) is 20.7 Å². The highest BCUT2D eigenvalue weighted by Gasteiger charge is 2.09. The number of hydrogen-bond acceptors (Lipinski definition) is 4. The average molecular weight is 367 g/mol. The maximum absolute atomic E-state index is 11.5. The number of methoxy groups -OCH3 is 1. The van der Waals surface area contributed by atoms with Crippen molar-refractivity contribution in [3.05, 3.63) is 58.1 Å². The lowest BCUT2D eigenvalue weighted by Gasteiger charge is -2.11. The SMILES string of the molecule is COC(=O)c1ccc(COc2ccccc2SC)c(Br)c1. The summed E-state index contributed by atoms with van der Waals surface area (Å²) >= 11 is 5.11. The second-order valence-corrected chi connectivity index (χ2v) is 5.94. The van der Waals surface area contributed by atoms with E-state index in [1.165, 1.54) is 7.11 Å². The second-order valence-electron chi connectivity index (χ2n) is 4.24. The van der Waals surface area contributed by atoms with Gasteiger partial charge in [0.15, 0.2) is 0 Å². The predicted octanol–water partition coefficient (Wildman–Crippen LogP) is 4.54. The molecule has 0 unspecified atom stereocenters. The largest absolute Gasteiger partial charge is 0.488 e. The van der Waals surface area contributed by atoms with E-state index in [1.54, 1.807) is 23.9 Å². The van der Waals surface area contributed by atoms with Crippen LogP contribution in [0.15, 0.2) is 51.8 Å². The Morgan fingerprint density at radius 3 is 2.67 bits per heavy atom. The fraction of sp³-hybridized carbons (Fsp3) is 0.188. The molecule has 0 radical (unpaired) electrons. The molecular weight excluding hydrogens is 352 g/mol. The molecule has 2 aromatic carbocycles. The Hall–Kier alpha value is -1.46. The quantitative estimate of drug-likeness (QED) is 0.574. The summed E-state index contributed by atoms with van der Waals surface area (Å²) in [5.74, 6) is 0.504. The Balaban J connectivity index is 2.12. The van der Waals surface area contributed by atoms with E-state index < -0.39 is 0 Å². The summed E-state index contributed by atoms with van der Waals surface area (Å²) in [4.78, 5) is 12.6. The van der Waals surface area contributed by atoms with Gasteiger partial charge in [0.1, 0.15) is 12.4 Å². The molecule has 0 aliphatic heterocycles. The van der Waals surface area contributed by atoms with Gasteiger partial charge in [0.25, 0.3) is 0 Å². The summed E-state index contributed by atoms with van der Waals surface area (Å²) in [5.41, 5.74) is 1.48. The van der Waals surface area contributed by atoms with Crippen molar-refractivity contribution in [1.29, 1.82) is 0 Å². The Kier molecular flexibility index (Phi) is 5.70. The minimum atomic E-state index is -0.351. The molecule has 0 aliphatic rings. The highest BCUT2D eigenvalue weighted by molar-refractivity contribution is 9.10. The number of carbonyl (C=O) groups is 1. The maximum atomic E-state index is 11.5. The van der Waals surface area contributed by atoms with Crippen LogP contribution in [0, 0.1) is 0 Å². The Labute approximate surface area is 136 Å². The number of carbonyl (C=O) groups excluding carboxylic acids is 1. The minimum Gasteiger partial charge on any atom is -0.488 e. The van der Waals surface area contributed by atoms with Crippen LogP contribution in [0.2, 0.25) is 0 Å². The number of hydrogen-bond donors (Lipinski definition) is 0. The van der Waals surface area contributed by atoms with Crippen molar-refractivity contribution in [2.45, 2.75) is 11.5 Å². The molecule has 5 heteroatoms. The molecule has 21 heavy (non-hydrogen) atoms. The zero-order valence-corrected chi connectivity index (χ0v) is 14.2. The van der Waals surface area contributed by atoms with E-state index in [9.17, 15) is 4.79 Å². The standard InChI is InChI=1S/C16H15BrO3S/c1-19-16(18)11-7-8-12(13(17)9-11)10-20-14-5-3-4-6-15(14)21-2/h3-9H,10H2,1-2H3. The number of para-hydroxylation sites is 1. The molecule has 0 N–H and O–H groups in total. The lowest BCUT2D eigenvalue weighted by Crippen LogP contribution is -2.03. The van der Waals surface area contributed by atoms with E-state index in [0.29, 0.717) is 12.2 Å². The fourth-order valence-electron chi connectivity index (χ4n) is 1.80. The van der Waals surface area contributed by atoms with E-state index in [2.05, 4.69) is 15.9 Å². The molecule has 0 aliphatic carbocycles. The molecule has 110 valence electrons.